The van der Waals surface area contributed by atoms with Crippen LogP contribution in [0.2, 0.25) is 10.0 Å². The van der Waals surface area contributed by atoms with E-state index in [1.807, 2.05) is 0 Å². The Morgan fingerprint density at radius 3 is 2.47 bits per heavy atom. The molecule has 0 radical (unpaired) electrons. The van der Waals surface area contributed by atoms with E-state index < -0.39 is 21.8 Å². The maximum absolute atomic E-state index is 13.2. The van der Waals surface area contributed by atoms with Gasteiger partial charge >= 0.3 is 0 Å². The lowest BCUT2D eigenvalue weighted by atomic mass is 10.0. The van der Waals surface area contributed by atoms with Crippen LogP contribution in [0.1, 0.15) is 22.8 Å². The predicted molar refractivity (Wildman–Crippen MR) is 146 cm³/mol. The average molecular weight is 574 g/mol. The topological polar surface area (TPSA) is 138 Å². The Balaban J connectivity index is 1.82. The zero-order chi connectivity index (χ0) is 27.6. The van der Waals surface area contributed by atoms with Gasteiger partial charge in [0.25, 0.3) is 16.0 Å². The summed E-state index contributed by atoms with van der Waals surface area (Å²) in [7, 11) is -3.12. The van der Waals surface area contributed by atoms with Gasteiger partial charge in [-0.05, 0) is 47.7 Å². The third-order valence-electron chi connectivity index (χ3n) is 5.70. The van der Waals surface area contributed by atoms with Crippen LogP contribution >= 0.6 is 23.2 Å². The highest BCUT2D eigenvalue weighted by atomic mass is 35.5. The lowest BCUT2D eigenvalue weighted by Gasteiger charge is -2.13. The molecule has 4 rings (SSSR count). The Kier molecular flexibility index (Phi) is 7.89. The molecule has 9 nitrogen and oxygen atoms in total. The third-order valence-corrected chi connectivity index (χ3v) is 7.17. The molecule has 0 aliphatic carbocycles. The van der Waals surface area contributed by atoms with E-state index in [1.165, 1.54) is 25.3 Å². The van der Waals surface area contributed by atoms with E-state index in [-0.39, 0.29) is 26.9 Å². The van der Waals surface area contributed by atoms with Crippen molar-refractivity contribution < 1.29 is 27.6 Å². The van der Waals surface area contributed by atoms with Gasteiger partial charge in [-0.15, -0.1) is 10.2 Å². The first-order chi connectivity index (χ1) is 18.0. The number of azo groups is 1. The van der Waals surface area contributed by atoms with Gasteiger partial charge in [-0.2, -0.15) is 8.42 Å². The van der Waals surface area contributed by atoms with Gasteiger partial charge in [-0.25, -0.2) is 0 Å². The first kappa shape index (κ1) is 27.3. The molecule has 4 aromatic rings. The minimum Gasteiger partial charge on any atom is -0.505 e. The highest BCUT2D eigenvalue weighted by Gasteiger charge is 2.21. The van der Waals surface area contributed by atoms with Crippen LogP contribution in [0.5, 0.6) is 11.5 Å². The Morgan fingerprint density at radius 2 is 1.79 bits per heavy atom. The van der Waals surface area contributed by atoms with Gasteiger partial charge in [0.15, 0.2) is 5.75 Å². The number of hydrogen-bond acceptors (Lipinski definition) is 7. The number of aromatic hydroxyl groups is 1. The van der Waals surface area contributed by atoms with E-state index in [9.17, 15) is 22.9 Å². The zero-order valence-electron chi connectivity index (χ0n) is 20.1. The summed E-state index contributed by atoms with van der Waals surface area (Å²) in [5.41, 5.74) is 0.445. The van der Waals surface area contributed by atoms with Crippen molar-refractivity contribution in [3.05, 3.63) is 81.8 Å². The molecule has 38 heavy (non-hydrogen) atoms. The summed E-state index contributed by atoms with van der Waals surface area (Å²) in [6.45, 7) is 1.71. The number of aryl methyl sites for hydroxylation is 1. The lowest BCUT2D eigenvalue weighted by molar-refractivity contribution is 0.102. The number of methoxy groups -OCH3 is 1. The molecule has 0 spiro atoms. The SMILES string of the molecule is CCc1cc(Cl)c(N=Nc2c(O)c(C(=O)Nc3ccc(Cl)cc3OC)cc3ccccc23)cc1S(=O)(=O)O. The van der Waals surface area contributed by atoms with Crippen molar-refractivity contribution in [1.29, 1.82) is 0 Å². The summed E-state index contributed by atoms with van der Waals surface area (Å²) in [4.78, 5) is 12.8. The van der Waals surface area contributed by atoms with Crippen molar-refractivity contribution in [2.75, 3.05) is 12.4 Å². The molecule has 0 heterocycles. The molecular formula is C26H21Cl2N3O6S. The number of halogens is 2. The number of phenols is 1. The number of fused-ring (bicyclic) bond motifs is 1. The van der Waals surface area contributed by atoms with Gasteiger partial charge in [-0.3, -0.25) is 9.35 Å². The molecule has 0 saturated heterocycles. The van der Waals surface area contributed by atoms with Gasteiger partial charge in [-0.1, -0.05) is 54.4 Å². The number of nitrogens with one attached hydrogen (secondary N) is 1. The first-order valence-corrected chi connectivity index (χ1v) is 13.3. The Bertz CT molecular complexity index is 1710. The maximum Gasteiger partial charge on any atom is 0.294 e. The maximum atomic E-state index is 13.2. The molecule has 0 bridgehead atoms. The minimum absolute atomic E-state index is 0.0413. The number of carbonyl (C=O) groups excluding carboxylic acids is 1. The fraction of sp³-hybridized carbons (Fsp3) is 0.115. The number of nitrogens with zero attached hydrogens (tertiary/aromatic N) is 2. The quantitative estimate of drug-likeness (QED) is 0.156. The minimum atomic E-state index is -4.55. The molecule has 12 heteroatoms. The predicted octanol–water partition coefficient (Wildman–Crippen LogP) is 7.34. The Morgan fingerprint density at radius 1 is 1.05 bits per heavy atom. The van der Waals surface area contributed by atoms with Crippen molar-refractivity contribution in [1.82, 2.24) is 0 Å². The monoisotopic (exact) mass is 573 g/mol. The van der Waals surface area contributed by atoms with Gasteiger partial charge in [0.1, 0.15) is 17.1 Å². The number of anilines is 1. The third kappa shape index (κ3) is 5.58. The number of carbonyl (C=O) groups is 1. The summed E-state index contributed by atoms with van der Waals surface area (Å²) in [6.07, 6.45) is 0.299. The van der Waals surface area contributed by atoms with Gasteiger partial charge in [0.2, 0.25) is 0 Å². The van der Waals surface area contributed by atoms with E-state index in [2.05, 4.69) is 15.5 Å². The second kappa shape index (κ2) is 11.0. The van der Waals surface area contributed by atoms with E-state index in [1.54, 1.807) is 43.3 Å². The van der Waals surface area contributed by atoms with Crippen LogP contribution in [0.25, 0.3) is 10.8 Å². The summed E-state index contributed by atoms with van der Waals surface area (Å²) in [5, 5.41) is 23.5. The highest BCUT2D eigenvalue weighted by Crippen LogP contribution is 2.41. The van der Waals surface area contributed by atoms with E-state index in [4.69, 9.17) is 27.9 Å². The molecule has 0 unspecified atom stereocenters. The van der Waals surface area contributed by atoms with Crippen LogP contribution in [0, 0.1) is 0 Å². The van der Waals surface area contributed by atoms with Gasteiger partial charge in [0, 0.05) is 16.5 Å². The number of hydrogen-bond donors (Lipinski definition) is 3. The normalized spacial score (nSPS) is 11.7. The van der Waals surface area contributed by atoms with Crippen LogP contribution in [0.3, 0.4) is 0 Å². The molecule has 0 fully saturated rings. The Labute approximate surface area is 228 Å². The summed E-state index contributed by atoms with van der Waals surface area (Å²) in [6, 6.07) is 15.5. The highest BCUT2D eigenvalue weighted by molar-refractivity contribution is 7.85. The van der Waals surface area contributed by atoms with Crippen molar-refractivity contribution in [2.45, 2.75) is 18.2 Å². The summed E-state index contributed by atoms with van der Waals surface area (Å²) < 4.78 is 38.6. The van der Waals surface area contributed by atoms with E-state index >= 15 is 0 Å². The average Bonchev–Trinajstić information content (AvgIpc) is 2.88. The van der Waals surface area contributed by atoms with E-state index in [0.717, 1.165) is 6.07 Å². The fourth-order valence-corrected chi connectivity index (χ4v) is 5.01. The Hall–Kier alpha value is -3.70. The summed E-state index contributed by atoms with van der Waals surface area (Å²) in [5.74, 6) is -0.788. The van der Waals surface area contributed by atoms with Gasteiger partial charge < -0.3 is 15.2 Å². The number of rotatable bonds is 7. The van der Waals surface area contributed by atoms with Crippen molar-refractivity contribution in [3.8, 4) is 11.5 Å². The summed E-state index contributed by atoms with van der Waals surface area (Å²) >= 11 is 12.3. The van der Waals surface area contributed by atoms with Crippen LogP contribution in [-0.2, 0) is 16.5 Å². The molecule has 0 saturated carbocycles. The van der Waals surface area contributed by atoms with Crippen molar-refractivity contribution >= 4 is 67.1 Å². The number of ether oxygens (including phenoxy) is 1. The second-order valence-corrected chi connectivity index (χ2v) is 10.3. The standard InChI is InChI=1S/C26H21Cl2N3O6S/c1-3-14-11-19(28)21(13-23(14)38(34,35)36)30-31-24-17-7-5-4-6-15(17)10-18(25(24)32)26(33)29-20-9-8-16(27)12-22(20)37-2/h4-13,32H,3H2,1-2H3,(H,29,33)(H,34,35,36). The molecular weight excluding hydrogens is 553 g/mol. The molecule has 1 amide bonds. The second-order valence-electron chi connectivity index (χ2n) is 8.08. The van der Waals surface area contributed by atoms with Crippen molar-refractivity contribution in [2.24, 2.45) is 10.2 Å². The number of phenolic OH excluding ortho intramolecular Hbond substituents is 1. The number of amides is 1. The van der Waals surface area contributed by atoms with Crippen molar-refractivity contribution in [3.63, 3.8) is 0 Å². The van der Waals surface area contributed by atoms with Crippen LogP contribution in [0.4, 0.5) is 17.1 Å². The molecule has 0 aliphatic rings. The van der Waals surface area contributed by atoms with Crippen LogP contribution < -0.4 is 10.1 Å². The molecule has 0 aliphatic heterocycles. The molecule has 4 aromatic carbocycles. The molecule has 3 N–H and O–H groups in total. The van der Waals surface area contributed by atoms with E-state index in [0.29, 0.717) is 39.2 Å². The lowest BCUT2D eigenvalue weighted by Crippen LogP contribution is -2.13. The molecule has 196 valence electrons. The largest absolute Gasteiger partial charge is 0.505 e. The van der Waals surface area contributed by atoms with Gasteiger partial charge in [0.05, 0.1) is 28.3 Å². The van der Waals surface area contributed by atoms with Crippen LogP contribution in [0.15, 0.2) is 75.8 Å². The smallest absolute Gasteiger partial charge is 0.294 e. The fourth-order valence-electron chi connectivity index (χ4n) is 3.83. The first-order valence-electron chi connectivity index (χ1n) is 11.1. The van der Waals surface area contributed by atoms with Crippen LogP contribution in [-0.4, -0.2) is 31.1 Å². The molecule has 0 aromatic heterocycles. The zero-order valence-corrected chi connectivity index (χ0v) is 22.4. The molecule has 0 atom stereocenters. The number of benzene rings is 4.